The third kappa shape index (κ3) is 4.72. The molecule has 1 heterocycles. The van der Waals surface area contributed by atoms with E-state index in [4.69, 9.17) is 4.74 Å². The molecule has 0 aliphatic carbocycles. The fourth-order valence-corrected chi connectivity index (χ4v) is 3.08. The summed E-state index contributed by atoms with van der Waals surface area (Å²) in [7, 11) is 0. The molecule has 0 spiro atoms. The number of hydrogen-bond donors (Lipinski definition) is 0. The third-order valence-electron chi connectivity index (χ3n) is 4.02. The van der Waals surface area contributed by atoms with Crippen LogP contribution in [0.4, 0.5) is 5.69 Å². The number of thioether (sulfide) groups is 1. The van der Waals surface area contributed by atoms with E-state index in [0.717, 1.165) is 6.07 Å². The number of ether oxygens (including phenoxy) is 1. The van der Waals surface area contributed by atoms with E-state index in [9.17, 15) is 24.5 Å². The van der Waals surface area contributed by atoms with Crippen molar-refractivity contribution < 1.29 is 24.0 Å². The van der Waals surface area contributed by atoms with Gasteiger partial charge < -0.3 is 14.5 Å². The fraction of sp³-hybridized carbons (Fsp3) is 0.438. The van der Waals surface area contributed by atoms with Crippen molar-refractivity contribution in [2.24, 2.45) is 0 Å². The highest BCUT2D eigenvalue weighted by Crippen LogP contribution is 2.28. The van der Waals surface area contributed by atoms with Crippen LogP contribution in [0.3, 0.4) is 0 Å². The van der Waals surface area contributed by atoms with E-state index >= 15 is 0 Å². The lowest BCUT2D eigenvalue weighted by molar-refractivity contribution is -0.387. The summed E-state index contributed by atoms with van der Waals surface area (Å²) in [4.78, 5) is 49.5. The number of piperazine rings is 1. The van der Waals surface area contributed by atoms with E-state index in [1.807, 2.05) is 0 Å². The summed E-state index contributed by atoms with van der Waals surface area (Å²) in [5, 5.41) is 11.1. The van der Waals surface area contributed by atoms with Crippen molar-refractivity contribution in [3.05, 3.63) is 33.9 Å². The van der Waals surface area contributed by atoms with Gasteiger partial charge in [-0.1, -0.05) is 0 Å². The zero-order valence-corrected chi connectivity index (χ0v) is 15.3. The number of carbonyl (C=O) groups excluding carboxylic acids is 3. The van der Waals surface area contributed by atoms with E-state index in [2.05, 4.69) is 0 Å². The Labute approximate surface area is 154 Å². The molecule has 2 rings (SSSR count). The smallest absolute Gasteiger partial charge is 0.338 e. The number of nitrogens with zero attached hydrogens (tertiary/aromatic N) is 3. The van der Waals surface area contributed by atoms with Gasteiger partial charge in [-0.2, -0.15) is 0 Å². The number of amides is 2. The van der Waals surface area contributed by atoms with Gasteiger partial charge in [0.25, 0.3) is 11.6 Å². The number of nitro benzene ring substituents is 1. The van der Waals surface area contributed by atoms with Gasteiger partial charge in [0, 0.05) is 39.2 Å². The van der Waals surface area contributed by atoms with Gasteiger partial charge >= 0.3 is 5.97 Å². The Kier molecular flexibility index (Phi) is 6.56. The topological polar surface area (TPSA) is 110 Å². The Balaban J connectivity index is 1.92. The Morgan fingerprint density at radius 1 is 1.19 bits per heavy atom. The van der Waals surface area contributed by atoms with Crippen molar-refractivity contribution in [2.45, 2.75) is 11.8 Å². The van der Waals surface area contributed by atoms with Crippen molar-refractivity contribution in [1.29, 1.82) is 0 Å². The highest BCUT2D eigenvalue weighted by atomic mass is 32.2. The minimum atomic E-state index is -0.795. The van der Waals surface area contributed by atoms with E-state index in [0.29, 0.717) is 31.1 Å². The van der Waals surface area contributed by atoms with Crippen LogP contribution in [-0.2, 0) is 14.3 Å². The summed E-state index contributed by atoms with van der Waals surface area (Å²) in [6.45, 7) is 2.67. The molecule has 9 nitrogen and oxygen atoms in total. The van der Waals surface area contributed by atoms with Gasteiger partial charge in [0.1, 0.15) is 0 Å². The maximum absolute atomic E-state index is 12.1. The Morgan fingerprint density at radius 3 is 2.35 bits per heavy atom. The quantitative estimate of drug-likeness (QED) is 0.326. The molecular formula is C16H19N3O6S. The molecule has 26 heavy (non-hydrogen) atoms. The number of carbonyl (C=O) groups is 3. The van der Waals surface area contributed by atoms with Crippen LogP contribution in [0, 0.1) is 10.1 Å². The maximum Gasteiger partial charge on any atom is 0.338 e. The molecule has 1 fully saturated rings. The van der Waals surface area contributed by atoms with Crippen LogP contribution in [0.2, 0.25) is 0 Å². The van der Waals surface area contributed by atoms with E-state index in [1.54, 1.807) is 11.2 Å². The average molecular weight is 381 g/mol. The summed E-state index contributed by atoms with van der Waals surface area (Å²) in [6.07, 6.45) is 1.70. The van der Waals surface area contributed by atoms with Crippen LogP contribution in [0.5, 0.6) is 0 Å². The van der Waals surface area contributed by atoms with E-state index in [-0.39, 0.29) is 23.1 Å². The molecule has 1 aliphatic rings. The summed E-state index contributed by atoms with van der Waals surface area (Å²) in [5.74, 6) is -1.20. The molecule has 1 saturated heterocycles. The van der Waals surface area contributed by atoms with Crippen LogP contribution in [0.15, 0.2) is 23.1 Å². The summed E-state index contributed by atoms with van der Waals surface area (Å²) in [5.41, 5.74) is -0.165. The lowest BCUT2D eigenvalue weighted by atomic mass is 10.2. The first-order valence-electron chi connectivity index (χ1n) is 7.86. The summed E-state index contributed by atoms with van der Waals surface area (Å²) >= 11 is 1.20. The molecule has 0 saturated carbocycles. The number of benzene rings is 1. The molecule has 0 bridgehead atoms. The predicted molar refractivity (Wildman–Crippen MR) is 94.0 cm³/mol. The third-order valence-corrected chi connectivity index (χ3v) is 4.80. The zero-order chi connectivity index (χ0) is 19.3. The standard InChI is InChI=1S/C16H19N3O6S/c1-11(20)17-5-7-18(8-6-17)15(21)10-25-16(22)12-3-4-14(26-2)13(9-12)19(23)24/h3-4,9H,5-8,10H2,1-2H3. The van der Waals surface area contributed by atoms with Gasteiger partial charge in [0.2, 0.25) is 5.91 Å². The molecule has 0 radical (unpaired) electrons. The second-order valence-electron chi connectivity index (χ2n) is 5.61. The molecule has 140 valence electrons. The number of nitro groups is 1. The molecule has 1 aromatic rings. The second-order valence-corrected chi connectivity index (χ2v) is 6.45. The molecular weight excluding hydrogens is 362 g/mol. The normalized spacial score (nSPS) is 14.1. The van der Waals surface area contributed by atoms with Crippen LogP contribution in [0.25, 0.3) is 0 Å². The molecule has 0 unspecified atom stereocenters. The molecule has 0 atom stereocenters. The molecule has 0 N–H and O–H groups in total. The fourth-order valence-electron chi connectivity index (χ4n) is 2.53. The maximum atomic E-state index is 12.1. The van der Waals surface area contributed by atoms with Gasteiger partial charge in [-0.3, -0.25) is 19.7 Å². The van der Waals surface area contributed by atoms with Gasteiger partial charge in [-0.05, 0) is 18.4 Å². The SMILES string of the molecule is CSc1ccc(C(=O)OCC(=O)N2CCN(C(C)=O)CC2)cc1[N+](=O)[O-]. The van der Waals surface area contributed by atoms with Gasteiger partial charge in [0.15, 0.2) is 6.61 Å². The monoisotopic (exact) mass is 381 g/mol. The Bertz CT molecular complexity index is 731. The minimum absolute atomic E-state index is 0.0173. The van der Waals surface area contributed by atoms with E-state index in [1.165, 1.54) is 35.7 Å². The second kappa shape index (κ2) is 8.65. The van der Waals surface area contributed by atoms with Crippen molar-refractivity contribution in [1.82, 2.24) is 9.80 Å². The highest BCUT2D eigenvalue weighted by Gasteiger charge is 2.24. The van der Waals surface area contributed by atoms with Crippen molar-refractivity contribution in [3.63, 3.8) is 0 Å². The van der Waals surface area contributed by atoms with Crippen molar-refractivity contribution >= 4 is 35.2 Å². The highest BCUT2D eigenvalue weighted by molar-refractivity contribution is 7.98. The largest absolute Gasteiger partial charge is 0.452 e. The zero-order valence-electron chi connectivity index (χ0n) is 14.5. The Morgan fingerprint density at radius 2 is 1.81 bits per heavy atom. The summed E-state index contributed by atoms with van der Waals surface area (Å²) < 4.78 is 4.99. The van der Waals surface area contributed by atoms with Crippen LogP contribution < -0.4 is 0 Å². The average Bonchev–Trinajstić information content (AvgIpc) is 2.65. The van der Waals surface area contributed by atoms with Crippen molar-refractivity contribution in [3.8, 4) is 0 Å². The predicted octanol–water partition coefficient (Wildman–Crippen LogP) is 1.16. The van der Waals surface area contributed by atoms with E-state index < -0.39 is 17.5 Å². The van der Waals surface area contributed by atoms with Gasteiger partial charge in [-0.15, -0.1) is 11.8 Å². The van der Waals surface area contributed by atoms with Crippen LogP contribution >= 0.6 is 11.8 Å². The minimum Gasteiger partial charge on any atom is -0.452 e. The first-order valence-corrected chi connectivity index (χ1v) is 9.08. The molecule has 2 amide bonds. The molecule has 1 aromatic carbocycles. The number of rotatable bonds is 5. The van der Waals surface area contributed by atoms with Crippen LogP contribution in [0.1, 0.15) is 17.3 Å². The van der Waals surface area contributed by atoms with Gasteiger partial charge in [-0.25, -0.2) is 4.79 Å². The summed E-state index contributed by atoms with van der Waals surface area (Å²) in [6, 6.07) is 4.05. The first kappa shape index (κ1) is 19.7. The lowest BCUT2D eigenvalue weighted by Gasteiger charge is -2.34. The Hall–Kier alpha value is -2.62. The van der Waals surface area contributed by atoms with Crippen LogP contribution in [-0.4, -0.2) is 71.5 Å². The first-order chi connectivity index (χ1) is 12.3. The van der Waals surface area contributed by atoms with Gasteiger partial charge in [0.05, 0.1) is 15.4 Å². The molecule has 0 aromatic heterocycles. The van der Waals surface area contributed by atoms with Crippen molar-refractivity contribution in [2.75, 3.05) is 39.0 Å². The molecule has 1 aliphatic heterocycles. The lowest BCUT2D eigenvalue weighted by Crippen LogP contribution is -2.51. The number of esters is 1. The number of hydrogen-bond acceptors (Lipinski definition) is 7. The molecule has 10 heteroatoms.